The van der Waals surface area contributed by atoms with Crippen molar-refractivity contribution in [3.8, 4) is 0 Å². The summed E-state index contributed by atoms with van der Waals surface area (Å²) in [7, 11) is 0. The Kier molecular flexibility index (Phi) is 5.01. The van der Waals surface area contributed by atoms with Crippen LogP contribution in [-0.4, -0.2) is 25.7 Å². The molecule has 1 aromatic heterocycles. The third-order valence-corrected chi connectivity index (χ3v) is 4.48. The van der Waals surface area contributed by atoms with Gasteiger partial charge in [-0.3, -0.25) is 0 Å². The molecule has 0 aliphatic carbocycles. The molecule has 1 aromatic rings. The Hall–Kier alpha value is -0.380. The van der Waals surface area contributed by atoms with Crippen molar-refractivity contribution >= 4 is 11.3 Å². The molecule has 17 heavy (non-hydrogen) atoms. The number of piperidine rings is 1. The lowest BCUT2D eigenvalue weighted by atomic mass is 9.99. The van der Waals surface area contributed by atoms with Gasteiger partial charge in [0, 0.05) is 15.8 Å². The number of hydrogen-bond donors (Lipinski definition) is 2. The highest BCUT2D eigenvalue weighted by molar-refractivity contribution is 7.11. The second kappa shape index (κ2) is 6.53. The Morgan fingerprint density at radius 3 is 3.06 bits per heavy atom. The smallest absolute Gasteiger partial charge is 0.00871 e. The zero-order valence-corrected chi connectivity index (χ0v) is 11.8. The number of thiophene rings is 1. The molecule has 1 aliphatic heterocycles. The van der Waals surface area contributed by atoms with Crippen molar-refractivity contribution in [1.29, 1.82) is 0 Å². The normalized spacial score (nSPS) is 22.6. The van der Waals surface area contributed by atoms with Crippen molar-refractivity contribution < 1.29 is 0 Å². The molecule has 0 amide bonds. The van der Waals surface area contributed by atoms with E-state index in [1.54, 1.807) is 0 Å². The Balaban J connectivity index is 1.68. The highest BCUT2D eigenvalue weighted by atomic mass is 32.1. The Morgan fingerprint density at radius 1 is 1.53 bits per heavy atom. The second-order valence-electron chi connectivity index (χ2n) is 5.24. The van der Waals surface area contributed by atoms with Crippen LogP contribution in [0.25, 0.3) is 0 Å². The van der Waals surface area contributed by atoms with Crippen LogP contribution in [0.2, 0.25) is 0 Å². The Bertz CT molecular complexity index is 329. The van der Waals surface area contributed by atoms with Crippen molar-refractivity contribution in [3.05, 3.63) is 21.9 Å². The maximum absolute atomic E-state index is 3.68. The third-order valence-electron chi connectivity index (χ3n) is 3.46. The fraction of sp³-hybridized carbons (Fsp3) is 0.714. The summed E-state index contributed by atoms with van der Waals surface area (Å²) >= 11 is 1.93. The van der Waals surface area contributed by atoms with E-state index in [-0.39, 0.29) is 0 Å². The quantitative estimate of drug-likeness (QED) is 0.841. The molecule has 2 N–H and O–H groups in total. The van der Waals surface area contributed by atoms with E-state index < -0.39 is 0 Å². The van der Waals surface area contributed by atoms with Gasteiger partial charge in [-0.25, -0.2) is 0 Å². The first-order valence-corrected chi connectivity index (χ1v) is 7.55. The molecule has 2 nitrogen and oxygen atoms in total. The van der Waals surface area contributed by atoms with E-state index in [1.165, 1.54) is 48.7 Å². The minimum atomic E-state index is 0.593. The molecule has 2 atom stereocenters. The molecule has 0 aromatic carbocycles. The predicted octanol–water partition coefficient (Wildman–Crippen LogP) is 2.58. The van der Waals surface area contributed by atoms with Crippen LogP contribution in [0.3, 0.4) is 0 Å². The lowest BCUT2D eigenvalue weighted by molar-refractivity contribution is 0.346. The number of nitrogens with one attached hydrogen (secondary N) is 2. The first kappa shape index (κ1) is 13.1. The van der Waals surface area contributed by atoms with Crippen LogP contribution in [0, 0.1) is 12.8 Å². The van der Waals surface area contributed by atoms with Crippen LogP contribution >= 0.6 is 11.3 Å². The molecule has 96 valence electrons. The van der Waals surface area contributed by atoms with Crippen LogP contribution in [0.4, 0.5) is 0 Å². The van der Waals surface area contributed by atoms with E-state index in [4.69, 9.17) is 0 Å². The minimum absolute atomic E-state index is 0.593. The monoisotopic (exact) mass is 252 g/mol. The van der Waals surface area contributed by atoms with E-state index in [0.29, 0.717) is 6.04 Å². The minimum Gasteiger partial charge on any atom is -0.316 e. The maximum atomic E-state index is 3.68. The summed E-state index contributed by atoms with van der Waals surface area (Å²) in [6.45, 7) is 8.04. The molecule has 2 heterocycles. The van der Waals surface area contributed by atoms with Crippen molar-refractivity contribution in [2.24, 2.45) is 5.92 Å². The number of hydrogen-bond acceptors (Lipinski definition) is 3. The molecule has 3 heteroatoms. The molecule has 1 fully saturated rings. The summed E-state index contributed by atoms with van der Waals surface area (Å²) in [5, 5.41) is 7.15. The standard InChI is InChI=1S/C14H24N2S/c1-11(8-14-6-5-12(2)17-14)16-10-13-4-3-7-15-9-13/h5-6,11,13,15-16H,3-4,7-10H2,1-2H3. The van der Waals surface area contributed by atoms with Gasteiger partial charge in [-0.05, 0) is 70.8 Å². The number of rotatable bonds is 5. The molecule has 2 unspecified atom stereocenters. The fourth-order valence-corrected chi connectivity index (χ4v) is 3.45. The van der Waals surface area contributed by atoms with E-state index in [1.807, 2.05) is 11.3 Å². The van der Waals surface area contributed by atoms with E-state index >= 15 is 0 Å². The second-order valence-corrected chi connectivity index (χ2v) is 6.61. The summed E-state index contributed by atoms with van der Waals surface area (Å²) in [5.74, 6) is 0.830. The summed E-state index contributed by atoms with van der Waals surface area (Å²) in [6, 6.07) is 5.08. The molecule has 0 spiro atoms. The average Bonchev–Trinajstić information content (AvgIpc) is 2.73. The lowest BCUT2D eigenvalue weighted by Gasteiger charge is -2.24. The lowest BCUT2D eigenvalue weighted by Crippen LogP contribution is -2.39. The van der Waals surface area contributed by atoms with Gasteiger partial charge in [-0.15, -0.1) is 11.3 Å². The van der Waals surface area contributed by atoms with Crippen LogP contribution in [0.15, 0.2) is 12.1 Å². The number of aryl methyl sites for hydroxylation is 1. The van der Waals surface area contributed by atoms with Crippen molar-refractivity contribution in [2.45, 2.75) is 39.2 Å². The predicted molar refractivity (Wildman–Crippen MR) is 75.8 cm³/mol. The average molecular weight is 252 g/mol. The third kappa shape index (κ3) is 4.41. The SMILES string of the molecule is Cc1ccc(CC(C)NCC2CCCNC2)s1. The first-order chi connectivity index (χ1) is 8.24. The summed E-state index contributed by atoms with van der Waals surface area (Å²) in [4.78, 5) is 2.92. The van der Waals surface area contributed by atoms with Crippen molar-refractivity contribution in [2.75, 3.05) is 19.6 Å². The van der Waals surface area contributed by atoms with E-state index in [9.17, 15) is 0 Å². The van der Waals surface area contributed by atoms with Crippen molar-refractivity contribution in [3.63, 3.8) is 0 Å². The van der Waals surface area contributed by atoms with Crippen LogP contribution < -0.4 is 10.6 Å². The Labute approximate surface area is 109 Å². The van der Waals surface area contributed by atoms with Gasteiger partial charge < -0.3 is 10.6 Å². The topological polar surface area (TPSA) is 24.1 Å². The summed E-state index contributed by atoms with van der Waals surface area (Å²) in [5.41, 5.74) is 0. The first-order valence-electron chi connectivity index (χ1n) is 6.73. The molecule has 0 saturated carbocycles. The molecule has 0 bridgehead atoms. The van der Waals surface area contributed by atoms with Gasteiger partial charge in [0.15, 0.2) is 0 Å². The Morgan fingerprint density at radius 2 is 2.41 bits per heavy atom. The van der Waals surface area contributed by atoms with Gasteiger partial charge in [-0.1, -0.05) is 0 Å². The molecular formula is C14H24N2S. The van der Waals surface area contributed by atoms with Gasteiger partial charge in [0.05, 0.1) is 0 Å². The van der Waals surface area contributed by atoms with Crippen LogP contribution in [0.1, 0.15) is 29.5 Å². The fourth-order valence-electron chi connectivity index (χ4n) is 2.43. The zero-order chi connectivity index (χ0) is 12.1. The highest BCUT2D eigenvalue weighted by Crippen LogP contribution is 2.17. The van der Waals surface area contributed by atoms with Gasteiger partial charge in [0.1, 0.15) is 0 Å². The highest BCUT2D eigenvalue weighted by Gasteiger charge is 2.13. The largest absolute Gasteiger partial charge is 0.316 e. The van der Waals surface area contributed by atoms with Crippen molar-refractivity contribution in [1.82, 2.24) is 10.6 Å². The molecular weight excluding hydrogens is 228 g/mol. The van der Waals surface area contributed by atoms with Crippen LogP contribution in [-0.2, 0) is 6.42 Å². The summed E-state index contributed by atoms with van der Waals surface area (Å²) in [6.07, 6.45) is 3.88. The van der Waals surface area contributed by atoms with Gasteiger partial charge in [0.2, 0.25) is 0 Å². The van der Waals surface area contributed by atoms with Crippen LogP contribution in [0.5, 0.6) is 0 Å². The maximum Gasteiger partial charge on any atom is 0.00871 e. The van der Waals surface area contributed by atoms with E-state index in [0.717, 1.165) is 5.92 Å². The van der Waals surface area contributed by atoms with Gasteiger partial charge in [-0.2, -0.15) is 0 Å². The molecule has 2 rings (SSSR count). The summed E-state index contributed by atoms with van der Waals surface area (Å²) < 4.78 is 0. The molecule has 0 radical (unpaired) electrons. The molecule has 1 aliphatic rings. The van der Waals surface area contributed by atoms with Gasteiger partial charge in [0.25, 0.3) is 0 Å². The van der Waals surface area contributed by atoms with E-state index in [2.05, 4.69) is 36.6 Å². The zero-order valence-electron chi connectivity index (χ0n) is 11.0. The molecule has 1 saturated heterocycles. The van der Waals surface area contributed by atoms with Gasteiger partial charge >= 0.3 is 0 Å².